The minimum atomic E-state index is -0.977. The van der Waals surface area contributed by atoms with Gasteiger partial charge < -0.3 is 20.9 Å². The molecule has 102 valence electrons. The lowest BCUT2D eigenvalue weighted by Gasteiger charge is -2.23. The first-order valence-electron chi connectivity index (χ1n) is 5.69. The lowest BCUT2D eigenvalue weighted by molar-refractivity contribution is -0.123. The molecule has 1 aromatic rings. The van der Waals surface area contributed by atoms with Crippen molar-refractivity contribution < 1.29 is 14.6 Å². The second kappa shape index (κ2) is 6.36. The first kappa shape index (κ1) is 14.5. The average molecular weight is 256 g/mol. The molecule has 0 spiro atoms. The van der Waals surface area contributed by atoms with Crippen LogP contribution >= 0.6 is 0 Å². The second-order valence-electron chi connectivity index (χ2n) is 4.49. The van der Waals surface area contributed by atoms with E-state index in [1.165, 1.54) is 10.9 Å². The Kier molecular flexibility index (Phi) is 5.11. The normalized spacial score (nSPS) is 14.2. The van der Waals surface area contributed by atoms with E-state index in [0.717, 1.165) is 0 Å². The average Bonchev–Trinajstić information content (AvgIpc) is 2.70. The van der Waals surface area contributed by atoms with Gasteiger partial charge in [0.15, 0.2) is 0 Å². The molecule has 0 saturated heterocycles. The first-order chi connectivity index (χ1) is 8.43. The van der Waals surface area contributed by atoms with Crippen LogP contribution in [0.15, 0.2) is 12.4 Å². The summed E-state index contributed by atoms with van der Waals surface area (Å²) >= 11 is 0. The molecule has 1 aromatic heterocycles. The summed E-state index contributed by atoms with van der Waals surface area (Å²) in [5, 5.41) is 16.5. The van der Waals surface area contributed by atoms with Crippen LogP contribution in [0.5, 0.6) is 0 Å². The molecular formula is C11H20N4O3. The van der Waals surface area contributed by atoms with E-state index in [-0.39, 0.29) is 19.0 Å². The minimum absolute atomic E-state index is 0.0809. The monoisotopic (exact) mass is 256 g/mol. The summed E-state index contributed by atoms with van der Waals surface area (Å²) < 4.78 is 6.32. The van der Waals surface area contributed by atoms with Gasteiger partial charge in [-0.15, -0.1) is 0 Å². The van der Waals surface area contributed by atoms with Crippen molar-refractivity contribution in [2.24, 2.45) is 0 Å². The Morgan fingerprint density at radius 3 is 3.00 bits per heavy atom. The number of ether oxygens (including phenoxy) is 1. The van der Waals surface area contributed by atoms with Crippen LogP contribution < -0.4 is 11.1 Å². The molecule has 7 nitrogen and oxygen atoms in total. The number of methoxy groups -OCH3 is 1. The maximum absolute atomic E-state index is 11.6. The van der Waals surface area contributed by atoms with Crippen LogP contribution in [0, 0.1) is 0 Å². The van der Waals surface area contributed by atoms with Crippen molar-refractivity contribution >= 4 is 11.6 Å². The van der Waals surface area contributed by atoms with Gasteiger partial charge in [0, 0.05) is 32.9 Å². The standard InChI is InChI=1S/C11H20N4O3/c1-11(17,3-4-18-2)8-13-10(16)7-15-6-9(12)5-14-15/h5-6,17H,3-4,7-8,12H2,1-2H3,(H,13,16). The van der Waals surface area contributed by atoms with Gasteiger partial charge >= 0.3 is 0 Å². The highest BCUT2D eigenvalue weighted by Gasteiger charge is 2.20. The Morgan fingerprint density at radius 2 is 2.44 bits per heavy atom. The summed E-state index contributed by atoms with van der Waals surface area (Å²) in [5.41, 5.74) is 5.02. The van der Waals surface area contributed by atoms with Crippen molar-refractivity contribution in [2.75, 3.05) is 26.0 Å². The van der Waals surface area contributed by atoms with Crippen LogP contribution in [0.2, 0.25) is 0 Å². The zero-order valence-electron chi connectivity index (χ0n) is 10.7. The molecule has 0 aliphatic carbocycles. The van der Waals surface area contributed by atoms with Crippen molar-refractivity contribution in [3.05, 3.63) is 12.4 Å². The van der Waals surface area contributed by atoms with E-state index < -0.39 is 5.60 Å². The largest absolute Gasteiger partial charge is 0.396 e. The zero-order valence-corrected chi connectivity index (χ0v) is 10.7. The van der Waals surface area contributed by atoms with Gasteiger partial charge in [-0.3, -0.25) is 9.48 Å². The highest BCUT2D eigenvalue weighted by molar-refractivity contribution is 5.75. The Hall–Kier alpha value is -1.60. The number of anilines is 1. The van der Waals surface area contributed by atoms with Gasteiger partial charge in [-0.1, -0.05) is 0 Å². The molecule has 0 saturated carbocycles. The zero-order chi connectivity index (χ0) is 13.6. The van der Waals surface area contributed by atoms with Gasteiger partial charge in [0.1, 0.15) is 6.54 Å². The molecule has 1 heterocycles. The van der Waals surface area contributed by atoms with Crippen molar-refractivity contribution in [2.45, 2.75) is 25.5 Å². The van der Waals surface area contributed by atoms with E-state index in [0.29, 0.717) is 18.7 Å². The van der Waals surface area contributed by atoms with Crippen molar-refractivity contribution in [1.82, 2.24) is 15.1 Å². The molecule has 0 aromatic carbocycles. The van der Waals surface area contributed by atoms with Gasteiger partial charge in [-0.25, -0.2) is 0 Å². The lowest BCUT2D eigenvalue weighted by Crippen LogP contribution is -2.42. The SMILES string of the molecule is COCCC(C)(O)CNC(=O)Cn1cc(N)cn1. The summed E-state index contributed by atoms with van der Waals surface area (Å²) in [6.45, 7) is 2.35. The fourth-order valence-electron chi connectivity index (χ4n) is 1.37. The van der Waals surface area contributed by atoms with Crippen LogP contribution in [0.25, 0.3) is 0 Å². The second-order valence-corrected chi connectivity index (χ2v) is 4.49. The van der Waals surface area contributed by atoms with Gasteiger partial charge in [0.2, 0.25) is 5.91 Å². The maximum atomic E-state index is 11.6. The number of aliphatic hydroxyl groups is 1. The van der Waals surface area contributed by atoms with Crippen LogP contribution in [0.1, 0.15) is 13.3 Å². The quantitative estimate of drug-likeness (QED) is 0.602. The Bertz CT molecular complexity index is 389. The maximum Gasteiger partial charge on any atom is 0.241 e. The van der Waals surface area contributed by atoms with Crippen LogP contribution in [0.3, 0.4) is 0 Å². The third kappa shape index (κ3) is 5.15. The summed E-state index contributed by atoms with van der Waals surface area (Å²) in [5.74, 6) is -0.226. The summed E-state index contributed by atoms with van der Waals surface area (Å²) in [6.07, 6.45) is 3.50. The smallest absolute Gasteiger partial charge is 0.241 e. The number of hydrogen-bond donors (Lipinski definition) is 3. The third-order valence-electron chi connectivity index (χ3n) is 2.47. The number of nitrogens with one attached hydrogen (secondary N) is 1. The highest BCUT2D eigenvalue weighted by atomic mass is 16.5. The number of carbonyl (C=O) groups is 1. The molecule has 18 heavy (non-hydrogen) atoms. The van der Waals surface area contributed by atoms with Crippen molar-refractivity contribution in [3.8, 4) is 0 Å². The molecular weight excluding hydrogens is 236 g/mol. The number of carbonyl (C=O) groups excluding carboxylic acids is 1. The Morgan fingerprint density at radius 1 is 1.72 bits per heavy atom. The molecule has 0 fully saturated rings. The molecule has 4 N–H and O–H groups in total. The lowest BCUT2D eigenvalue weighted by atomic mass is 10.0. The van der Waals surface area contributed by atoms with Gasteiger partial charge in [0.05, 0.1) is 17.5 Å². The Labute approximate surface area is 106 Å². The van der Waals surface area contributed by atoms with Crippen LogP contribution in [0.4, 0.5) is 5.69 Å². The number of nitrogens with zero attached hydrogens (tertiary/aromatic N) is 2. The number of hydrogen-bond acceptors (Lipinski definition) is 5. The Balaban J connectivity index is 2.32. The molecule has 0 bridgehead atoms. The predicted molar refractivity (Wildman–Crippen MR) is 66.8 cm³/mol. The third-order valence-corrected chi connectivity index (χ3v) is 2.47. The topological polar surface area (TPSA) is 102 Å². The number of nitrogen functional groups attached to an aromatic ring is 1. The van der Waals surface area contributed by atoms with Gasteiger partial charge in [0.25, 0.3) is 0 Å². The van der Waals surface area contributed by atoms with Crippen LogP contribution in [-0.4, -0.2) is 46.7 Å². The fraction of sp³-hybridized carbons (Fsp3) is 0.636. The fourth-order valence-corrected chi connectivity index (χ4v) is 1.37. The van der Waals surface area contributed by atoms with E-state index in [1.807, 2.05) is 0 Å². The number of aromatic nitrogens is 2. The van der Waals surface area contributed by atoms with E-state index in [1.54, 1.807) is 20.2 Å². The van der Waals surface area contributed by atoms with Gasteiger partial charge in [-0.05, 0) is 6.92 Å². The van der Waals surface area contributed by atoms with Gasteiger partial charge in [-0.2, -0.15) is 5.10 Å². The molecule has 1 rings (SSSR count). The van der Waals surface area contributed by atoms with Crippen LogP contribution in [-0.2, 0) is 16.1 Å². The molecule has 7 heteroatoms. The van der Waals surface area contributed by atoms with E-state index in [4.69, 9.17) is 10.5 Å². The van der Waals surface area contributed by atoms with E-state index in [9.17, 15) is 9.90 Å². The number of amides is 1. The first-order valence-corrected chi connectivity index (χ1v) is 5.69. The number of nitrogens with two attached hydrogens (primary N) is 1. The summed E-state index contributed by atoms with van der Waals surface area (Å²) in [4.78, 5) is 11.6. The predicted octanol–water partition coefficient (Wildman–Crippen LogP) is -0.631. The number of rotatable bonds is 7. The summed E-state index contributed by atoms with van der Waals surface area (Å²) in [7, 11) is 1.57. The molecule has 0 radical (unpaired) electrons. The highest BCUT2D eigenvalue weighted by Crippen LogP contribution is 2.07. The van der Waals surface area contributed by atoms with Crippen molar-refractivity contribution in [3.63, 3.8) is 0 Å². The molecule has 1 unspecified atom stereocenters. The molecule has 1 amide bonds. The molecule has 0 aliphatic heterocycles. The van der Waals surface area contributed by atoms with Crippen molar-refractivity contribution in [1.29, 1.82) is 0 Å². The summed E-state index contributed by atoms with van der Waals surface area (Å²) in [6, 6.07) is 0. The van der Waals surface area contributed by atoms with E-state index >= 15 is 0 Å². The minimum Gasteiger partial charge on any atom is -0.396 e. The van der Waals surface area contributed by atoms with E-state index in [2.05, 4.69) is 10.4 Å². The molecule has 0 aliphatic rings. The molecule has 1 atom stereocenters.